The Bertz CT molecular complexity index is 700. The minimum Gasteiger partial charge on any atom is -0.489 e. The molecule has 1 saturated heterocycles. The highest BCUT2D eigenvalue weighted by atomic mass is 19.1. The van der Waals surface area contributed by atoms with Crippen LogP contribution < -0.4 is 15.4 Å². The molecule has 1 atom stereocenters. The number of carbonyl (C=O) groups excluding carboxylic acids is 1. The fourth-order valence-corrected chi connectivity index (χ4v) is 2.58. The van der Waals surface area contributed by atoms with Gasteiger partial charge in [-0.15, -0.1) is 0 Å². The first-order valence-electron chi connectivity index (χ1n) is 8.28. The van der Waals surface area contributed by atoms with Crippen molar-refractivity contribution in [2.75, 3.05) is 25.0 Å². The molecule has 0 saturated carbocycles. The molecule has 5 nitrogen and oxygen atoms in total. The summed E-state index contributed by atoms with van der Waals surface area (Å²) in [6, 6.07) is 13.4. The van der Waals surface area contributed by atoms with E-state index in [4.69, 9.17) is 9.47 Å². The second-order valence-electron chi connectivity index (χ2n) is 5.89. The molecule has 3 rings (SSSR count). The van der Waals surface area contributed by atoms with Crippen molar-refractivity contribution in [3.63, 3.8) is 0 Å². The molecule has 2 aromatic rings. The molecule has 0 spiro atoms. The van der Waals surface area contributed by atoms with Crippen LogP contribution in [0.25, 0.3) is 0 Å². The van der Waals surface area contributed by atoms with Crippen molar-refractivity contribution < 1.29 is 18.7 Å². The SMILES string of the molecule is O=C(C[C@@H]1CNCCO1)Nc1cccc(OCc2ccc(F)cc2)c1. The van der Waals surface area contributed by atoms with Crippen molar-refractivity contribution >= 4 is 11.6 Å². The van der Waals surface area contributed by atoms with Gasteiger partial charge in [-0.1, -0.05) is 18.2 Å². The third-order valence-electron chi connectivity index (χ3n) is 3.85. The Hall–Kier alpha value is -2.44. The third-order valence-corrected chi connectivity index (χ3v) is 3.85. The molecule has 1 aliphatic rings. The summed E-state index contributed by atoms with van der Waals surface area (Å²) < 4.78 is 24.1. The molecular weight excluding hydrogens is 323 g/mol. The minimum absolute atomic E-state index is 0.0911. The molecule has 2 N–H and O–H groups in total. The Balaban J connectivity index is 1.51. The average molecular weight is 344 g/mol. The molecule has 6 heteroatoms. The first-order valence-corrected chi connectivity index (χ1v) is 8.28. The third kappa shape index (κ3) is 5.55. The van der Waals surface area contributed by atoms with E-state index in [9.17, 15) is 9.18 Å². The van der Waals surface area contributed by atoms with Gasteiger partial charge in [0.15, 0.2) is 0 Å². The molecule has 1 amide bonds. The number of amides is 1. The molecule has 0 aromatic heterocycles. The zero-order valence-electron chi connectivity index (χ0n) is 13.8. The van der Waals surface area contributed by atoms with Gasteiger partial charge >= 0.3 is 0 Å². The number of nitrogens with one attached hydrogen (secondary N) is 2. The second-order valence-corrected chi connectivity index (χ2v) is 5.89. The maximum atomic E-state index is 12.9. The minimum atomic E-state index is -0.273. The summed E-state index contributed by atoms with van der Waals surface area (Å²) in [5.41, 5.74) is 1.54. The molecule has 0 unspecified atom stereocenters. The summed E-state index contributed by atoms with van der Waals surface area (Å²) in [4.78, 5) is 12.1. The smallest absolute Gasteiger partial charge is 0.227 e. The van der Waals surface area contributed by atoms with Crippen molar-refractivity contribution in [3.8, 4) is 5.75 Å². The summed E-state index contributed by atoms with van der Waals surface area (Å²) in [5, 5.41) is 6.06. The predicted octanol–water partition coefficient (Wildman–Crippen LogP) is 2.72. The molecule has 2 aromatic carbocycles. The Labute approximate surface area is 146 Å². The lowest BCUT2D eigenvalue weighted by molar-refractivity contribution is -0.119. The molecule has 0 aliphatic carbocycles. The van der Waals surface area contributed by atoms with Crippen LogP contribution in [0.2, 0.25) is 0 Å². The van der Waals surface area contributed by atoms with Gasteiger partial charge in [0.1, 0.15) is 18.2 Å². The molecule has 25 heavy (non-hydrogen) atoms. The highest BCUT2D eigenvalue weighted by Crippen LogP contribution is 2.19. The number of morpholine rings is 1. The van der Waals surface area contributed by atoms with Gasteiger partial charge in [0.05, 0.1) is 19.1 Å². The van der Waals surface area contributed by atoms with Crippen molar-refractivity contribution in [2.45, 2.75) is 19.1 Å². The summed E-state index contributed by atoms with van der Waals surface area (Å²) in [6.07, 6.45) is 0.222. The molecular formula is C19H21FN2O3. The first kappa shape index (κ1) is 17.4. The van der Waals surface area contributed by atoms with E-state index in [1.54, 1.807) is 18.2 Å². The zero-order chi connectivity index (χ0) is 17.5. The molecule has 1 heterocycles. The van der Waals surface area contributed by atoms with Gasteiger partial charge in [-0.3, -0.25) is 4.79 Å². The number of hydrogen-bond acceptors (Lipinski definition) is 4. The van der Waals surface area contributed by atoms with E-state index in [0.29, 0.717) is 37.6 Å². The van der Waals surface area contributed by atoms with Gasteiger partial charge in [0.2, 0.25) is 5.91 Å². The van der Waals surface area contributed by atoms with E-state index >= 15 is 0 Å². The number of ether oxygens (including phenoxy) is 2. The first-order chi connectivity index (χ1) is 12.2. The van der Waals surface area contributed by atoms with Crippen LogP contribution in [0.15, 0.2) is 48.5 Å². The lowest BCUT2D eigenvalue weighted by Gasteiger charge is -2.23. The van der Waals surface area contributed by atoms with Crippen LogP contribution in [-0.4, -0.2) is 31.7 Å². The largest absolute Gasteiger partial charge is 0.489 e. The van der Waals surface area contributed by atoms with Crippen molar-refractivity contribution in [3.05, 3.63) is 59.9 Å². The topological polar surface area (TPSA) is 59.6 Å². The van der Waals surface area contributed by atoms with Crippen molar-refractivity contribution in [1.29, 1.82) is 0 Å². The normalized spacial score (nSPS) is 17.1. The average Bonchev–Trinajstić information content (AvgIpc) is 2.62. The summed E-state index contributed by atoms with van der Waals surface area (Å²) >= 11 is 0. The Morgan fingerprint density at radius 3 is 2.88 bits per heavy atom. The van der Waals surface area contributed by atoms with E-state index < -0.39 is 0 Å². The van der Waals surface area contributed by atoms with Crippen LogP contribution in [0.4, 0.5) is 10.1 Å². The lowest BCUT2D eigenvalue weighted by Crippen LogP contribution is -2.40. The summed E-state index contributed by atoms with van der Waals surface area (Å²) in [5.74, 6) is 0.271. The number of halogens is 1. The van der Waals surface area contributed by atoms with Crippen LogP contribution in [0.5, 0.6) is 5.75 Å². The number of anilines is 1. The Kier molecular flexibility index (Phi) is 5.98. The van der Waals surface area contributed by atoms with Crippen LogP contribution in [0.1, 0.15) is 12.0 Å². The number of carbonyl (C=O) groups is 1. The van der Waals surface area contributed by atoms with E-state index in [-0.39, 0.29) is 17.8 Å². The van der Waals surface area contributed by atoms with Gasteiger partial charge in [0.25, 0.3) is 0 Å². The van der Waals surface area contributed by atoms with Gasteiger partial charge in [0, 0.05) is 24.8 Å². The Morgan fingerprint density at radius 2 is 2.12 bits per heavy atom. The van der Waals surface area contributed by atoms with Crippen LogP contribution in [0, 0.1) is 5.82 Å². The van der Waals surface area contributed by atoms with Gasteiger partial charge in [-0.25, -0.2) is 4.39 Å². The van der Waals surface area contributed by atoms with Crippen molar-refractivity contribution in [1.82, 2.24) is 5.32 Å². The molecule has 1 fully saturated rings. The highest BCUT2D eigenvalue weighted by molar-refractivity contribution is 5.91. The fourth-order valence-electron chi connectivity index (χ4n) is 2.58. The number of rotatable bonds is 6. The summed E-state index contributed by atoms with van der Waals surface area (Å²) in [7, 11) is 0. The lowest BCUT2D eigenvalue weighted by atomic mass is 10.2. The molecule has 0 radical (unpaired) electrons. The molecule has 1 aliphatic heterocycles. The van der Waals surface area contributed by atoms with E-state index in [1.807, 2.05) is 18.2 Å². The van der Waals surface area contributed by atoms with E-state index in [1.165, 1.54) is 12.1 Å². The van der Waals surface area contributed by atoms with Gasteiger partial charge in [-0.2, -0.15) is 0 Å². The van der Waals surface area contributed by atoms with Gasteiger partial charge < -0.3 is 20.1 Å². The summed E-state index contributed by atoms with van der Waals surface area (Å²) in [6.45, 7) is 2.48. The Morgan fingerprint density at radius 1 is 1.28 bits per heavy atom. The number of hydrogen-bond donors (Lipinski definition) is 2. The van der Waals surface area contributed by atoms with E-state index in [0.717, 1.165) is 12.1 Å². The molecule has 132 valence electrons. The van der Waals surface area contributed by atoms with E-state index in [2.05, 4.69) is 10.6 Å². The monoisotopic (exact) mass is 344 g/mol. The van der Waals surface area contributed by atoms with Crippen molar-refractivity contribution in [2.24, 2.45) is 0 Å². The van der Waals surface area contributed by atoms with Crippen LogP contribution in [0.3, 0.4) is 0 Å². The zero-order valence-corrected chi connectivity index (χ0v) is 13.8. The fraction of sp³-hybridized carbons (Fsp3) is 0.316. The predicted molar refractivity (Wildman–Crippen MR) is 93.0 cm³/mol. The maximum absolute atomic E-state index is 12.9. The van der Waals surface area contributed by atoms with Crippen LogP contribution >= 0.6 is 0 Å². The molecule has 0 bridgehead atoms. The second kappa shape index (κ2) is 8.60. The quantitative estimate of drug-likeness (QED) is 0.846. The highest BCUT2D eigenvalue weighted by Gasteiger charge is 2.17. The maximum Gasteiger partial charge on any atom is 0.227 e. The standard InChI is InChI=1S/C19H21FN2O3/c20-15-6-4-14(5-7-15)13-25-17-3-1-2-16(10-17)22-19(23)11-18-12-21-8-9-24-18/h1-7,10,18,21H,8-9,11-13H2,(H,22,23)/t18-/m1/s1. The van der Waals surface area contributed by atoms with Gasteiger partial charge in [-0.05, 0) is 29.8 Å². The van der Waals surface area contributed by atoms with Crippen LogP contribution in [-0.2, 0) is 16.1 Å². The number of benzene rings is 2.